The van der Waals surface area contributed by atoms with E-state index >= 15 is 0 Å². The lowest BCUT2D eigenvalue weighted by Crippen LogP contribution is -2.09. The maximum absolute atomic E-state index is 8.69. The van der Waals surface area contributed by atoms with Crippen LogP contribution >= 0.6 is 0 Å². The average molecular weight is 268 g/mol. The third kappa shape index (κ3) is 5.30. The summed E-state index contributed by atoms with van der Waals surface area (Å²) in [5.74, 6) is 2.08. The van der Waals surface area contributed by atoms with Crippen molar-refractivity contribution in [1.82, 2.24) is 9.97 Å². The molecule has 0 amide bonds. The van der Waals surface area contributed by atoms with Crippen LogP contribution in [0.5, 0.6) is 5.75 Å². The number of rotatable bonds is 10. The predicted octanol–water partition coefficient (Wildman–Crippen LogP) is 1.88. The zero-order chi connectivity index (χ0) is 13.9. The Balaban J connectivity index is 2.46. The van der Waals surface area contributed by atoms with Crippen LogP contribution < -0.4 is 15.4 Å². The highest BCUT2D eigenvalue weighted by Gasteiger charge is 2.10. The van der Waals surface area contributed by atoms with Gasteiger partial charge in [0.25, 0.3) is 0 Å². The summed E-state index contributed by atoms with van der Waals surface area (Å²) in [6.45, 7) is 3.91. The van der Waals surface area contributed by atoms with E-state index in [2.05, 4.69) is 20.6 Å². The molecule has 0 aliphatic carbocycles. The lowest BCUT2D eigenvalue weighted by Gasteiger charge is -2.13. The lowest BCUT2D eigenvalue weighted by atomic mass is 10.2. The third-order valence-electron chi connectivity index (χ3n) is 2.73. The van der Waals surface area contributed by atoms with E-state index in [9.17, 15) is 0 Å². The molecule has 0 unspecified atom stereocenters. The van der Waals surface area contributed by atoms with E-state index < -0.39 is 0 Å². The topological polar surface area (TPSA) is 79.3 Å². The molecule has 0 saturated carbocycles. The molecule has 0 radical (unpaired) electrons. The minimum Gasteiger partial charge on any atom is -0.490 e. The smallest absolute Gasteiger partial charge is 0.204 e. The van der Waals surface area contributed by atoms with Crippen LogP contribution in [0.2, 0.25) is 0 Å². The number of aromatic nitrogens is 2. The van der Waals surface area contributed by atoms with Crippen molar-refractivity contribution in [1.29, 1.82) is 0 Å². The van der Waals surface area contributed by atoms with Gasteiger partial charge in [0.1, 0.15) is 6.33 Å². The minimum absolute atomic E-state index is 0.277. The Bertz CT molecular complexity index is 360. The van der Waals surface area contributed by atoms with Gasteiger partial charge in [-0.3, -0.25) is 0 Å². The van der Waals surface area contributed by atoms with Crippen LogP contribution in [-0.2, 0) is 0 Å². The highest BCUT2D eigenvalue weighted by molar-refractivity contribution is 5.63. The number of methoxy groups -OCH3 is 1. The minimum atomic E-state index is 0.277. The molecule has 0 aliphatic heterocycles. The van der Waals surface area contributed by atoms with Crippen molar-refractivity contribution in [2.75, 3.05) is 37.4 Å². The summed E-state index contributed by atoms with van der Waals surface area (Å²) in [4.78, 5) is 8.35. The quantitative estimate of drug-likeness (QED) is 0.562. The zero-order valence-corrected chi connectivity index (χ0v) is 11.8. The number of nitrogens with one attached hydrogen (secondary N) is 2. The maximum Gasteiger partial charge on any atom is 0.204 e. The molecule has 0 aromatic carbocycles. The van der Waals surface area contributed by atoms with Gasteiger partial charge in [0, 0.05) is 19.7 Å². The molecule has 6 nitrogen and oxygen atoms in total. The van der Waals surface area contributed by atoms with Crippen LogP contribution in [0.4, 0.5) is 11.6 Å². The van der Waals surface area contributed by atoms with E-state index in [1.807, 2.05) is 6.92 Å². The molecule has 0 saturated heterocycles. The van der Waals surface area contributed by atoms with Gasteiger partial charge in [-0.15, -0.1) is 0 Å². The predicted molar refractivity (Wildman–Crippen MR) is 76.8 cm³/mol. The first-order valence-electron chi connectivity index (χ1n) is 6.81. The molecule has 0 spiro atoms. The molecule has 6 heteroatoms. The summed E-state index contributed by atoms with van der Waals surface area (Å²) in [6, 6.07) is 0. The lowest BCUT2D eigenvalue weighted by molar-refractivity contribution is 0.283. The Morgan fingerprint density at radius 2 is 1.79 bits per heavy atom. The van der Waals surface area contributed by atoms with Crippen molar-refractivity contribution in [2.24, 2.45) is 0 Å². The number of aliphatic hydroxyl groups is 1. The number of aliphatic hydroxyl groups excluding tert-OH is 1. The van der Waals surface area contributed by atoms with Crippen molar-refractivity contribution in [3.05, 3.63) is 6.33 Å². The zero-order valence-electron chi connectivity index (χ0n) is 11.8. The Morgan fingerprint density at radius 3 is 2.42 bits per heavy atom. The monoisotopic (exact) mass is 268 g/mol. The molecule has 1 rings (SSSR count). The Hall–Kier alpha value is -1.56. The van der Waals surface area contributed by atoms with Gasteiger partial charge in [-0.05, 0) is 19.8 Å². The van der Waals surface area contributed by atoms with Crippen molar-refractivity contribution in [3.8, 4) is 5.75 Å². The molecular formula is C13H24N4O2. The van der Waals surface area contributed by atoms with Crippen LogP contribution in [0.25, 0.3) is 0 Å². The summed E-state index contributed by atoms with van der Waals surface area (Å²) >= 11 is 0. The fourth-order valence-corrected chi connectivity index (χ4v) is 1.78. The largest absolute Gasteiger partial charge is 0.490 e. The van der Waals surface area contributed by atoms with Crippen LogP contribution in [0, 0.1) is 0 Å². The first-order valence-corrected chi connectivity index (χ1v) is 6.81. The summed E-state index contributed by atoms with van der Waals surface area (Å²) in [6.07, 6.45) is 5.60. The van der Waals surface area contributed by atoms with Crippen molar-refractivity contribution in [3.63, 3.8) is 0 Å². The van der Waals surface area contributed by atoms with Gasteiger partial charge in [0.05, 0.1) is 7.11 Å². The number of hydrogen-bond donors (Lipinski definition) is 3. The molecule has 1 aromatic heterocycles. The van der Waals surface area contributed by atoms with Gasteiger partial charge in [-0.2, -0.15) is 0 Å². The van der Waals surface area contributed by atoms with Gasteiger partial charge in [0.15, 0.2) is 11.6 Å². The first-order chi connectivity index (χ1) is 9.33. The number of hydrogen-bond acceptors (Lipinski definition) is 6. The summed E-state index contributed by atoms with van der Waals surface area (Å²) in [5, 5.41) is 15.1. The van der Waals surface area contributed by atoms with Crippen LogP contribution in [0.15, 0.2) is 6.33 Å². The van der Waals surface area contributed by atoms with Crippen molar-refractivity contribution >= 4 is 11.6 Å². The summed E-state index contributed by atoms with van der Waals surface area (Å²) in [7, 11) is 1.62. The molecule has 108 valence electrons. The van der Waals surface area contributed by atoms with Crippen LogP contribution in [-0.4, -0.2) is 41.9 Å². The van der Waals surface area contributed by atoms with E-state index in [-0.39, 0.29) is 6.61 Å². The van der Waals surface area contributed by atoms with Gasteiger partial charge in [-0.1, -0.05) is 12.8 Å². The normalized spacial score (nSPS) is 10.3. The van der Waals surface area contributed by atoms with Gasteiger partial charge >= 0.3 is 0 Å². The summed E-state index contributed by atoms with van der Waals surface area (Å²) in [5.41, 5.74) is 0. The van der Waals surface area contributed by atoms with Gasteiger partial charge in [0.2, 0.25) is 5.75 Å². The second-order valence-corrected chi connectivity index (χ2v) is 4.20. The highest BCUT2D eigenvalue weighted by atomic mass is 16.5. The Morgan fingerprint density at radius 1 is 1.11 bits per heavy atom. The van der Waals surface area contributed by atoms with Crippen molar-refractivity contribution in [2.45, 2.75) is 32.6 Å². The molecule has 3 N–H and O–H groups in total. The maximum atomic E-state index is 8.69. The number of anilines is 2. The SMILES string of the molecule is CCNc1ncnc(NCCCCCCO)c1OC. The molecular weight excluding hydrogens is 244 g/mol. The van der Waals surface area contributed by atoms with Crippen LogP contribution in [0.1, 0.15) is 32.6 Å². The average Bonchev–Trinajstić information content (AvgIpc) is 2.43. The molecule has 0 fully saturated rings. The van der Waals surface area contributed by atoms with E-state index in [0.717, 1.165) is 44.6 Å². The summed E-state index contributed by atoms with van der Waals surface area (Å²) < 4.78 is 5.34. The number of nitrogens with zero attached hydrogens (tertiary/aromatic N) is 2. The van der Waals surface area contributed by atoms with Crippen molar-refractivity contribution < 1.29 is 9.84 Å². The fraction of sp³-hybridized carbons (Fsp3) is 0.692. The number of unbranched alkanes of at least 4 members (excludes halogenated alkanes) is 3. The van der Waals surface area contributed by atoms with Gasteiger partial charge < -0.3 is 20.5 Å². The first kappa shape index (κ1) is 15.5. The molecule has 19 heavy (non-hydrogen) atoms. The second-order valence-electron chi connectivity index (χ2n) is 4.20. The third-order valence-corrected chi connectivity index (χ3v) is 2.73. The van der Waals surface area contributed by atoms with E-state index in [1.165, 1.54) is 6.33 Å². The molecule has 0 atom stereocenters. The molecule has 0 aliphatic rings. The fourth-order valence-electron chi connectivity index (χ4n) is 1.78. The standard InChI is InChI=1S/C13H24N4O2/c1-3-14-12-11(19-2)13(17-10-16-12)15-8-6-4-5-7-9-18/h10,18H,3-9H2,1-2H3,(H2,14,15,16,17). The van der Waals surface area contributed by atoms with Crippen LogP contribution in [0.3, 0.4) is 0 Å². The molecule has 1 aromatic rings. The second kappa shape index (κ2) is 9.38. The van der Waals surface area contributed by atoms with E-state index in [1.54, 1.807) is 7.11 Å². The van der Waals surface area contributed by atoms with E-state index in [4.69, 9.17) is 9.84 Å². The Kier molecular flexibility index (Phi) is 7.65. The van der Waals surface area contributed by atoms with Gasteiger partial charge in [-0.25, -0.2) is 9.97 Å². The molecule has 0 bridgehead atoms. The highest BCUT2D eigenvalue weighted by Crippen LogP contribution is 2.28. The van der Waals surface area contributed by atoms with E-state index in [0.29, 0.717) is 11.6 Å². The molecule has 1 heterocycles. The number of ether oxygens (including phenoxy) is 1. The Labute approximate surface area is 114 Å².